The zero-order valence-corrected chi connectivity index (χ0v) is 12.0. The number of carbonyl (C=O) groups is 1. The molecule has 0 spiro atoms. The summed E-state index contributed by atoms with van der Waals surface area (Å²) in [7, 11) is 0. The minimum Gasteiger partial charge on any atom is -0.464 e. The summed E-state index contributed by atoms with van der Waals surface area (Å²) >= 11 is 0. The summed E-state index contributed by atoms with van der Waals surface area (Å²) in [5.74, 6) is -1.46. The van der Waals surface area contributed by atoms with E-state index in [1.54, 1.807) is 0 Å². The van der Waals surface area contributed by atoms with Crippen LogP contribution in [0.3, 0.4) is 0 Å². The molecule has 124 valence electrons. The van der Waals surface area contributed by atoms with Gasteiger partial charge in [0.15, 0.2) is 5.54 Å². The van der Waals surface area contributed by atoms with Crippen molar-refractivity contribution >= 4 is 5.97 Å². The van der Waals surface area contributed by atoms with Gasteiger partial charge >= 0.3 is 11.7 Å². The number of ether oxygens (including phenoxy) is 1. The maximum Gasteiger partial charge on any atom is 0.329 e. The Morgan fingerprint density at radius 1 is 1.57 bits per heavy atom. The van der Waals surface area contributed by atoms with Crippen LogP contribution in [0.15, 0.2) is 21.9 Å². The van der Waals surface area contributed by atoms with Crippen LogP contribution in [-0.2, 0) is 15.1 Å². The molecule has 4 atom stereocenters. The standard InChI is InChI=1S/C13H16N4O6/c14-4-9(19)23-5-7-3-13(6-15,11(21)10(7)20)17-2-1-8(18)16-12(17)22/h1-2,7,10-11,20-21H,3-5,14H2,(H,16,18,22)/t7-,10?,11?,13+/m1/s1. The van der Waals surface area contributed by atoms with Gasteiger partial charge in [-0.2, -0.15) is 5.26 Å². The van der Waals surface area contributed by atoms with Crippen molar-refractivity contribution < 1.29 is 19.7 Å². The molecule has 1 fully saturated rings. The summed E-state index contributed by atoms with van der Waals surface area (Å²) in [5, 5.41) is 29.9. The lowest BCUT2D eigenvalue weighted by Gasteiger charge is -2.27. The number of hydrogen-bond donors (Lipinski definition) is 4. The van der Waals surface area contributed by atoms with Crippen LogP contribution in [0.5, 0.6) is 0 Å². The van der Waals surface area contributed by atoms with Crippen molar-refractivity contribution in [2.45, 2.75) is 24.2 Å². The van der Waals surface area contributed by atoms with Crippen LogP contribution in [0.1, 0.15) is 6.42 Å². The predicted octanol–water partition coefficient (Wildman–Crippen LogP) is -3.00. The van der Waals surface area contributed by atoms with Crippen molar-refractivity contribution in [2.24, 2.45) is 11.7 Å². The molecule has 1 aromatic rings. The molecule has 0 aromatic carbocycles. The maximum absolute atomic E-state index is 11.9. The maximum atomic E-state index is 11.9. The van der Waals surface area contributed by atoms with E-state index in [-0.39, 0.29) is 19.6 Å². The van der Waals surface area contributed by atoms with Crippen molar-refractivity contribution in [1.82, 2.24) is 9.55 Å². The van der Waals surface area contributed by atoms with Gasteiger partial charge in [-0.15, -0.1) is 0 Å². The largest absolute Gasteiger partial charge is 0.464 e. The first-order valence-corrected chi connectivity index (χ1v) is 6.81. The number of aromatic amines is 1. The third kappa shape index (κ3) is 2.89. The number of nitrogens with two attached hydrogens (primary N) is 1. The predicted molar refractivity (Wildman–Crippen MR) is 75.0 cm³/mol. The number of esters is 1. The summed E-state index contributed by atoms with van der Waals surface area (Å²) in [5.41, 5.74) is 1.79. The minimum absolute atomic E-state index is 0.143. The van der Waals surface area contributed by atoms with Crippen molar-refractivity contribution in [2.75, 3.05) is 13.2 Å². The number of aliphatic hydroxyl groups is 2. The molecule has 2 rings (SSSR count). The fourth-order valence-electron chi connectivity index (χ4n) is 2.74. The molecule has 1 saturated carbocycles. The van der Waals surface area contributed by atoms with Gasteiger partial charge in [-0.3, -0.25) is 19.1 Å². The molecule has 2 unspecified atom stereocenters. The minimum atomic E-state index is -1.78. The number of aromatic nitrogens is 2. The second-order valence-electron chi connectivity index (χ2n) is 5.30. The van der Waals surface area contributed by atoms with Gasteiger partial charge in [-0.1, -0.05) is 0 Å². The molecule has 0 radical (unpaired) electrons. The smallest absolute Gasteiger partial charge is 0.329 e. The molecular formula is C13H16N4O6. The zero-order valence-electron chi connectivity index (χ0n) is 12.0. The highest BCUT2D eigenvalue weighted by Gasteiger charge is 2.55. The molecule has 0 bridgehead atoms. The highest BCUT2D eigenvalue weighted by Crippen LogP contribution is 2.39. The Morgan fingerprint density at radius 3 is 2.83 bits per heavy atom. The van der Waals surface area contributed by atoms with Gasteiger partial charge in [0, 0.05) is 18.2 Å². The average molecular weight is 324 g/mol. The van der Waals surface area contributed by atoms with Crippen molar-refractivity contribution in [1.29, 1.82) is 5.26 Å². The van der Waals surface area contributed by atoms with Gasteiger partial charge in [0.05, 0.1) is 25.3 Å². The van der Waals surface area contributed by atoms with Gasteiger partial charge in [0.25, 0.3) is 5.56 Å². The Bertz CT molecular complexity index is 750. The van der Waals surface area contributed by atoms with E-state index < -0.39 is 40.9 Å². The quantitative estimate of drug-likeness (QED) is 0.424. The number of nitriles is 1. The zero-order chi connectivity index (χ0) is 17.2. The SMILES string of the molecule is N#C[C@@]1(n2ccc(=O)[nH]c2=O)C[C@H](COC(=O)CN)C(O)C1O. The highest BCUT2D eigenvalue weighted by molar-refractivity contribution is 5.71. The lowest BCUT2D eigenvalue weighted by molar-refractivity contribution is -0.144. The number of nitrogens with zero attached hydrogens (tertiary/aromatic N) is 2. The molecule has 0 saturated heterocycles. The molecule has 0 aliphatic heterocycles. The number of nitrogens with one attached hydrogen (secondary N) is 1. The van der Waals surface area contributed by atoms with E-state index in [4.69, 9.17) is 10.5 Å². The number of H-pyrrole nitrogens is 1. The van der Waals surface area contributed by atoms with Crippen molar-refractivity contribution in [3.8, 4) is 6.07 Å². The van der Waals surface area contributed by atoms with Crippen LogP contribution in [-0.4, -0.2) is 51.1 Å². The van der Waals surface area contributed by atoms with Crippen LogP contribution in [0.2, 0.25) is 0 Å². The summed E-state index contributed by atoms with van der Waals surface area (Å²) in [6.45, 7) is -0.593. The van der Waals surface area contributed by atoms with Crippen molar-refractivity contribution in [3.63, 3.8) is 0 Å². The number of carbonyl (C=O) groups excluding carboxylic acids is 1. The molecule has 0 amide bonds. The second-order valence-corrected chi connectivity index (χ2v) is 5.30. The van der Waals surface area contributed by atoms with Gasteiger partial charge in [-0.05, 0) is 6.42 Å². The Hall–Kier alpha value is -2.48. The number of hydrogen-bond acceptors (Lipinski definition) is 8. The highest BCUT2D eigenvalue weighted by atomic mass is 16.5. The molecule has 1 aliphatic carbocycles. The molecule has 1 heterocycles. The van der Waals surface area contributed by atoms with E-state index in [0.29, 0.717) is 0 Å². The second kappa shape index (κ2) is 6.33. The summed E-state index contributed by atoms with van der Waals surface area (Å²) in [6.07, 6.45) is -2.05. The summed E-state index contributed by atoms with van der Waals surface area (Å²) in [4.78, 5) is 36.2. The average Bonchev–Trinajstić information content (AvgIpc) is 2.78. The van der Waals surface area contributed by atoms with Crippen LogP contribution >= 0.6 is 0 Å². The molecule has 5 N–H and O–H groups in total. The van der Waals surface area contributed by atoms with Crippen LogP contribution in [0.25, 0.3) is 0 Å². The normalized spacial score (nSPS) is 29.9. The Morgan fingerprint density at radius 2 is 2.26 bits per heavy atom. The van der Waals surface area contributed by atoms with Crippen molar-refractivity contribution in [3.05, 3.63) is 33.1 Å². The Balaban J connectivity index is 2.35. The first kappa shape index (κ1) is 16.9. The lowest BCUT2D eigenvalue weighted by Crippen LogP contribution is -2.49. The van der Waals surface area contributed by atoms with Crippen LogP contribution in [0.4, 0.5) is 0 Å². The Labute approximate surface area is 129 Å². The summed E-state index contributed by atoms with van der Waals surface area (Å²) < 4.78 is 5.70. The van der Waals surface area contributed by atoms with Gasteiger partial charge in [-0.25, -0.2) is 4.79 Å². The van der Waals surface area contributed by atoms with E-state index in [9.17, 15) is 29.9 Å². The van der Waals surface area contributed by atoms with Gasteiger partial charge in [0.1, 0.15) is 6.10 Å². The molecule has 1 aromatic heterocycles. The topological polar surface area (TPSA) is 171 Å². The number of rotatable bonds is 4. The van der Waals surface area contributed by atoms with E-state index in [2.05, 4.69) is 0 Å². The van der Waals surface area contributed by atoms with Gasteiger partial charge < -0.3 is 20.7 Å². The molecule has 10 nitrogen and oxygen atoms in total. The third-order valence-electron chi connectivity index (χ3n) is 3.94. The van der Waals surface area contributed by atoms with Crippen LogP contribution in [0, 0.1) is 17.2 Å². The lowest BCUT2D eigenvalue weighted by atomic mass is 9.95. The Kier molecular flexibility index (Phi) is 4.65. The molecule has 1 aliphatic rings. The van der Waals surface area contributed by atoms with Crippen LogP contribution < -0.4 is 17.0 Å². The monoisotopic (exact) mass is 324 g/mol. The van der Waals surface area contributed by atoms with E-state index in [1.807, 2.05) is 11.1 Å². The molecule has 23 heavy (non-hydrogen) atoms. The fraction of sp³-hybridized carbons (Fsp3) is 0.538. The van der Waals surface area contributed by atoms with E-state index >= 15 is 0 Å². The van der Waals surface area contributed by atoms with E-state index in [1.165, 1.54) is 0 Å². The summed E-state index contributed by atoms with van der Waals surface area (Å²) in [6, 6.07) is 2.86. The molecular weight excluding hydrogens is 308 g/mol. The van der Waals surface area contributed by atoms with E-state index in [0.717, 1.165) is 16.8 Å². The fourth-order valence-corrected chi connectivity index (χ4v) is 2.74. The first-order valence-electron chi connectivity index (χ1n) is 6.81. The number of aliphatic hydroxyl groups excluding tert-OH is 2. The third-order valence-corrected chi connectivity index (χ3v) is 3.94. The van der Waals surface area contributed by atoms with Gasteiger partial charge in [0.2, 0.25) is 0 Å². The first-order chi connectivity index (χ1) is 10.9. The molecule has 10 heteroatoms.